The van der Waals surface area contributed by atoms with Crippen molar-refractivity contribution < 1.29 is 19.1 Å². The molecule has 1 atom stereocenters. The molecule has 2 aliphatic heterocycles. The highest BCUT2D eigenvalue weighted by atomic mass is 16.5. The number of rotatable bonds is 4. The van der Waals surface area contributed by atoms with Crippen LogP contribution in [0.3, 0.4) is 0 Å². The Labute approximate surface area is 131 Å². The second-order valence-electron chi connectivity index (χ2n) is 5.92. The van der Waals surface area contributed by atoms with E-state index in [1.807, 2.05) is 0 Å². The van der Waals surface area contributed by atoms with Crippen LogP contribution in [0.15, 0.2) is 0 Å². The monoisotopic (exact) mass is 311 g/mol. The van der Waals surface area contributed by atoms with Gasteiger partial charge in [-0.25, -0.2) is 0 Å². The van der Waals surface area contributed by atoms with Crippen molar-refractivity contribution in [3.63, 3.8) is 0 Å². The van der Waals surface area contributed by atoms with Crippen molar-refractivity contribution in [2.24, 2.45) is 0 Å². The minimum Gasteiger partial charge on any atom is -0.376 e. The third-order valence-corrected chi connectivity index (χ3v) is 4.30. The standard InChI is InChI=1S/C15H25N3O4/c1-12(19)16-5-7-17(8-6-16)15(21)11-18(13(2)20)10-14-4-3-9-22-14/h14H,3-11H2,1-2H3. The quantitative estimate of drug-likeness (QED) is 0.715. The van der Waals surface area contributed by atoms with Crippen molar-refractivity contribution in [1.82, 2.24) is 14.7 Å². The van der Waals surface area contributed by atoms with Crippen LogP contribution in [0.5, 0.6) is 0 Å². The summed E-state index contributed by atoms with van der Waals surface area (Å²) < 4.78 is 5.54. The molecule has 3 amide bonds. The second-order valence-corrected chi connectivity index (χ2v) is 5.92. The molecule has 0 aromatic rings. The van der Waals surface area contributed by atoms with Gasteiger partial charge >= 0.3 is 0 Å². The van der Waals surface area contributed by atoms with E-state index in [-0.39, 0.29) is 30.4 Å². The first-order valence-corrected chi connectivity index (χ1v) is 7.87. The molecule has 124 valence electrons. The number of nitrogens with zero attached hydrogens (tertiary/aromatic N) is 3. The predicted octanol–water partition coefficient (Wildman–Crippen LogP) is -0.295. The second kappa shape index (κ2) is 7.58. The van der Waals surface area contributed by atoms with E-state index in [0.717, 1.165) is 19.4 Å². The first-order chi connectivity index (χ1) is 10.5. The van der Waals surface area contributed by atoms with E-state index < -0.39 is 0 Å². The topological polar surface area (TPSA) is 70.2 Å². The fourth-order valence-electron chi connectivity index (χ4n) is 2.87. The fraction of sp³-hybridized carbons (Fsp3) is 0.800. The Hall–Kier alpha value is -1.63. The SMILES string of the molecule is CC(=O)N1CCN(C(=O)CN(CC2CCCO2)C(C)=O)CC1. The van der Waals surface area contributed by atoms with Crippen LogP contribution < -0.4 is 0 Å². The lowest BCUT2D eigenvalue weighted by atomic mass is 10.2. The van der Waals surface area contributed by atoms with Crippen LogP contribution >= 0.6 is 0 Å². The van der Waals surface area contributed by atoms with Crippen molar-refractivity contribution in [2.75, 3.05) is 45.9 Å². The Kier molecular flexibility index (Phi) is 5.76. The lowest BCUT2D eigenvalue weighted by Gasteiger charge is -2.35. The lowest BCUT2D eigenvalue weighted by Crippen LogP contribution is -2.53. The molecule has 2 aliphatic rings. The normalized spacial score (nSPS) is 21.8. The van der Waals surface area contributed by atoms with Crippen LogP contribution in [-0.4, -0.2) is 84.4 Å². The minimum atomic E-state index is -0.105. The molecule has 0 N–H and O–H groups in total. The van der Waals surface area contributed by atoms with E-state index in [0.29, 0.717) is 32.7 Å². The number of hydrogen-bond acceptors (Lipinski definition) is 4. The summed E-state index contributed by atoms with van der Waals surface area (Å²) in [4.78, 5) is 40.4. The summed E-state index contributed by atoms with van der Waals surface area (Å²) in [5, 5.41) is 0. The van der Waals surface area contributed by atoms with Gasteiger partial charge in [-0.15, -0.1) is 0 Å². The third kappa shape index (κ3) is 4.43. The van der Waals surface area contributed by atoms with Gasteiger partial charge in [-0.2, -0.15) is 0 Å². The summed E-state index contributed by atoms with van der Waals surface area (Å²) in [5.41, 5.74) is 0. The van der Waals surface area contributed by atoms with Gasteiger partial charge < -0.3 is 19.4 Å². The van der Waals surface area contributed by atoms with E-state index in [4.69, 9.17) is 4.74 Å². The highest BCUT2D eigenvalue weighted by Crippen LogP contribution is 2.14. The highest BCUT2D eigenvalue weighted by Gasteiger charge is 2.26. The largest absolute Gasteiger partial charge is 0.376 e. The van der Waals surface area contributed by atoms with Crippen LogP contribution in [0.1, 0.15) is 26.7 Å². The van der Waals surface area contributed by atoms with Gasteiger partial charge in [0.05, 0.1) is 12.6 Å². The maximum Gasteiger partial charge on any atom is 0.242 e. The van der Waals surface area contributed by atoms with Crippen molar-refractivity contribution in [3.05, 3.63) is 0 Å². The summed E-state index contributed by atoms with van der Waals surface area (Å²) in [5.74, 6) is -0.126. The molecule has 2 fully saturated rings. The van der Waals surface area contributed by atoms with Gasteiger partial charge in [0.15, 0.2) is 0 Å². The van der Waals surface area contributed by atoms with Crippen molar-refractivity contribution in [1.29, 1.82) is 0 Å². The first kappa shape index (κ1) is 16.7. The van der Waals surface area contributed by atoms with Crippen molar-refractivity contribution in [3.8, 4) is 0 Å². The van der Waals surface area contributed by atoms with E-state index in [2.05, 4.69) is 0 Å². The number of piperazine rings is 1. The van der Waals surface area contributed by atoms with Gasteiger partial charge in [-0.3, -0.25) is 14.4 Å². The highest BCUT2D eigenvalue weighted by molar-refractivity contribution is 5.84. The smallest absolute Gasteiger partial charge is 0.242 e. The molecule has 2 saturated heterocycles. The average molecular weight is 311 g/mol. The van der Waals surface area contributed by atoms with Gasteiger partial charge in [0.1, 0.15) is 0 Å². The molecule has 0 aromatic heterocycles. The molecule has 2 rings (SSSR count). The number of ether oxygens (including phenoxy) is 1. The molecule has 0 spiro atoms. The molecule has 2 heterocycles. The van der Waals surface area contributed by atoms with E-state index in [1.165, 1.54) is 13.8 Å². The van der Waals surface area contributed by atoms with Gasteiger partial charge in [0.25, 0.3) is 0 Å². The Morgan fingerprint density at radius 1 is 1.09 bits per heavy atom. The Morgan fingerprint density at radius 3 is 2.23 bits per heavy atom. The summed E-state index contributed by atoms with van der Waals surface area (Å²) >= 11 is 0. The Bertz CT molecular complexity index is 427. The Balaban J connectivity index is 1.83. The molecule has 1 unspecified atom stereocenters. The summed E-state index contributed by atoms with van der Waals surface area (Å²) in [6.07, 6.45) is 2.00. The summed E-state index contributed by atoms with van der Waals surface area (Å²) in [6, 6.07) is 0. The van der Waals surface area contributed by atoms with Gasteiger partial charge in [0.2, 0.25) is 17.7 Å². The molecular weight excluding hydrogens is 286 g/mol. The van der Waals surface area contributed by atoms with E-state index in [9.17, 15) is 14.4 Å². The molecule has 22 heavy (non-hydrogen) atoms. The number of carbonyl (C=O) groups excluding carboxylic acids is 3. The molecule has 0 saturated carbocycles. The minimum absolute atomic E-state index is 0.0378. The van der Waals surface area contributed by atoms with Crippen LogP contribution in [0, 0.1) is 0 Å². The van der Waals surface area contributed by atoms with Gasteiger partial charge in [-0.05, 0) is 12.8 Å². The zero-order chi connectivity index (χ0) is 16.1. The third-order valence-electron chi connectivity index (χ3n) is 4.30. The van der Waals surface area contributed by atoms with Crippen LogP contribution in [-0.2, 0) is 19.1 Å². The zero-order valence-corrected chi connectivity index (χ0v) is 13.4. The first-order valence-electron chi connectivity index (χ1n) is 7.87. The number of hydrogen-bond donors (Lipinski definition) is 0. The maximum atomic E-state index is 12.4. The molecule has 0 bridgehead atoms. The molecule has 7 nitrogen and oxygen atoms in total. The van der Waals surface area contributed by atoms with Crippen LogP contribution in [0.4, 0.5) is 0 Å². The Morgan fingerprint density at radius 2 is 1.73 bits per heavy atom. The van der Waals surface area contributed by atoms with Gasteiger partial charge in [0, 0.05) is 53.2 Å². The molecule has 0 aromatic carbocycles. The summed E-state index contributed by atoms with van der Waals surface area (Å²) in [6.45, 7) is 6.52. The van der Waals surface area contributed by atoms with E-state index >= 15 is 0 Å². The van der Waals surface area contributed by atoms with Crippen LogP contribution in [0.2, 0.25) is 0 Å². The zero-order valence-electron chi connectivity index (χ0n) is 13.4. The van der Waals surface area contributed by atoms with Crippen molar-refractivity contribution in [2.45, 2.75) is 32.8 Å². The van der Waals surface area contributed by atoms with Crippen molar-refractivity contribution >= 4 is 17.7 Å². The maximum absolute atomic E-state index is 12.4. The number of amides is 3. The average Bonchev–Trinajstić information content (AvgIpc) is 2.99. The van der Waals surface area contributed by atoms with Crippen LogP contribution in [0.25, 0.3) is 0 Å². The number of carbonyl (C=O) groups is 3. The predicted molar refractivity (Wildman–Crippen MR) is 80.1 cm³/mol. The van der Waals surface area contributed by atoms with Gasteiger partial charge in [-0.1, -0.05) is 0 Å². The molecule has 0 radical (unpaired) electrons. The molecular formula is C15H25N3O4. The van der Waals surface area contributed by atoms with E-state index in [1.54, 1.807) is 14.7 Å². The fourth-order valence-corrected chi connectivity index (χ4v) is 2.87. The lowest BCUT2D eigenvalue weighted by molar-refractivity contribution is -0.143. The molecule has 0 aliphatic carbocycles. The summed E-state index contributed by atoms with van der Waals surface area (Å²) in [7, 11) is 0. The molecule has 7 heteroatoms.